The summed E-state index contributed by atoms with van der Waals surface area (Å²) in [6, 6.07) is 8.85. The molecular weight excluding hydrogens is 342 g/mol. The Balaban J connectivity index is 2.43. The molecule has 1 rings (SSSR count). The first-order valence-corrected chi connectivity index (χ1v) is 10.6. The van der Waals surface area contributed by atoms with Crippen LogP contribution in [0.1, 0.15) is 6.42 Å². The molecule has 0 aliphatic heterocycles. The van der Waals surface area contributed by atoms with Crippen molar-refractivity contribution in [2.75, 3.05) is 0 Å². The molecule has 0 fully saturated rings. The first-order valence-electron chi connectivity index (χ1n) is 3.94. The Kier molecular flexibility index (Phi) is 4.24. The molecule has 3 heteroatoms. The molecule has 0 unspecified atom stereocenters. The van der Waals surface area contributed by atoms with Gasteiger partial charge >= 0.3 is 83.8 Å². The molecule has 58 valence electrons. The Labute approximate surface area is 83.6 Å². The molecule has 0 aliphatic rings. The van der Waals surface area contributed by atoms with E-state index in [4.69, 9.17) is 5.26 Å². The van der Waals surface area contributed by atoms with Gasteiger partial charge in [-0.25, -0.2) is 0 Å². The zero-order valence-corrected chi connectivity index (χ0v) is 12.3. The van der Waals surface area contributed by atoms with E-state index in [9.17, 15) is 4.39 Å². The third kappa shape index (κ3) is 3.31. The van der Waals surface area contributed by atoms with Gasteiger partial charge < -0.3 is 0 Å². The molecule has 0 amide bonds. The Morgan fingerprint density at radius 1 is 1.33 bits per heavy atom. The van der Waals surface area contributed by atoms with Gasteiger partial charge in [0.25, 0.3) is 0 Å². The Bertz CT molecular complexity index is 276. The van der Waals surface area contributed by atoms with Gasteiger partial charge in [0.2, 0.25) is 0 Å². The predicted molar refractivity (Wildman–Crippen MR) is 41.1 cm³/mol. The van der Waals surface area contributed by atoms with Crippen molar-refractivity contribution in [3.63, 3.8) is 0 Å². The topological polar surface area (TPSA) is 23.8 Å². The number of hydrogen-bond donors (Lipinski definition) is 0. The fraction of sp³-hybridized carbons (Fsp3) is 0.222. The van der Waals surface area contributed by atoms with Crippen molar-refractivity contribution >= 4 is 3.07 Å². The van der Waals surface area contributed by atoms with Crippen molar-refractivity contribution in [1.29, 1.82) is 5.26 Å². The maximum absolute atomic E-state index is 12.4. The van der Waals surface area contributed by atoms with Gasteiger partial charge in [-0.05, 0) is 0 Å². The average molecular weight is 350 g/mol. The summed E-state index contributed by atoms with van der Waals surface area (Å²) in [5.41, 5.74) is 0. The molecule has 0 aliphatic carbocycles. The Morgan fingerprint density at radius 2 is 2.00 bits per heavy atom. The van der Waals surface area contributed by atoms with E-state index in [-0.39, 0.29) is 5.82 Å². The molecule has 1 aromatic rings. The number of benzene rings is 1. The first kappa shape index (κ1) is 9.66. The molecule has 0 radical (unpaired) electrons. The first-order chi connectivity index (χ1) is 5.83. The predicted octanol–water partition coefficient (Wildman–Crippen LogP) is 1.87. The Hall–Kier alpha value is -0.425. The molecular formula is C9H8FHgN. The summed E-state index contributed by atoms with van der Waals surface area (Å²) < 4.78 is 14.8. The van der Waals surface area contributed by atoms with Crippen molar-refractivity contribution in [3.8, 4) is 6.07 Å². The molecule has 1 nitrogen and oxygen atoms in total. The monoisotopic (exact) mass is 351 g/mol. The fourth-order valence-electron chi connectivity index (χ4n) is 1.02. The molecule has 12 heavy (non-hydrogen) atoms. The van der Waals surface area contributed by atoms with Crippen molar-refractivity contribution in [3.05, 3.63) is 30.1 Å². The third-order valence-corrected chi connectivity index (χ3v) is 8.49. The molecule has 0 aromatic heterocycles. The van der Waals surface area contributed by atoms with Gasteiger partial charge in [0.1, 0.15) is 0 Å². The van der Waals surface area contributed by atoms with E-state index >= 15 is 0 Å². The van der Waals surface area contributed by atoms with Gasteiger partial charge in [0.05, 0.1) is 0 Å². The number of hydrogen-bond acceptors (Lipinski definition) is 1. The van der Waals surface area contributed by atoms with Crippen LogP contribution in [-0.4, -0.2) is 0 Å². The minimum atomic E-state index is -1.04. The quantitative estimate of drug-likeness (QED) is 0.604. The Morgan fingerprint density at radius 3 is 2.58 bits per heavy atom. The van der Waals surface area contributed by atoms with Crippen LogP contribution in [0.15, 0.2) is 24.3 Å². The van der Waals surface area contributed by atoms with Crippen molar-refractivity contribution in [2.45, 2.75) is 10.4 Å². The van der Waals surface area contributed by atoms with Gasteiger partial charge in [-0.15, -0.1) is 0 Å². The second kappa shape index (κ2) is 5.26. The van der Waals surface area contributed by atoms with Gasteiger partial charge in [0, 0.05) is 0 Å². The summed E-state index contributed by atoms with van der Waals surface area (Å²) in [4.78, 5) is 0. The number of halogens is 1. The maximum atomic E-state index is 12.4. The summed E-state index contributed by atoms with van der Waals surface area (Å²) in [6.07, 6.45) is 0.666. The molecule has 0 saturated heterocycles. The SMILES string of the molecule is N#CC[CH2][Hg][c]1ccc(F)cc1. The summed E-state index contributed by atoms with van der Waals surface area (Å²) in [6.45, 7) is 0. The number of nitriles is 1. The molecule has 0 heterocycles. The van der Waals surface area contributed by atoms with Crippen molar-refractivity contribution in [2.24, 2.45) is 0 Å². The van der Waals surface area contributed by atoms with Crippen LogP contribution in [0.3, 0.4) is 0 Å². The van der Waals surface area contributed by atoms with Crippen LogP contribution in [-0.2, 0) is 24.6 Å². The summed E-state index contributed by atoms with van der Waals surface area (Å²) >= 11 is -1.04. The van der Waals surface area contributed by atoms with Gasteiger partial charge in [-0.3, -0.25) is 0 Å². The van der Waals surface area contributed by atoms with E-state index in [2.05, 4.69) is 6.07 Å². The van der Waals surface area contributed by atoms with Crippen LogP contribution < -0.4 is 3.07 Å². The van der Waals surface area contributed by atoms with Gasteiger partial charge in [0.15, 0.2) is 0 Å². The molecule has 0 bridgehead atoms. The average Bonchev–Trinajstić information content (AvgIpc) is 2.09. The van der Waals surface area contributed by atoms with E-state index < -0.39 is 24.6 Å². The van der Waals surface area contributed by atoms with E-state index in [1.54, 1.807) is 0 Å². The van der Waals surface area contributed by atoms with Crippen LogP contribution >= 0.6 is 0 Å². The standard InChI is InChI=1S/C6H4F.C3H4N.Hg/c7-6-4-2-1-3-5-6;1-2-3-4;/h2-5H;1-2H2;. The van der Waals surface area contributed by atoms with Crippen LogP contribution in [0.5, 0.6) is 0 Å². The summed E-state index contributed by atoms with van der Waals surface area (Å²) in [7, 11) is 0. The van der Waals surface area contributed by atoms with Crippen LogP contribution in [0, 0.1) is 17.1 Å². The van der Waals surface area contributed by atoms with Crippen LogP contribution in [0.4, 0.5) is 4.39 Å². The molecule has 0 spiro atoms. The third-order valence-electron chi connectivity index (χ3n) is 1.67. The normalized spacial score (nSPS) is 8.67. The zero-order valence-electron chi connectivity index (χ0n) is 6.76. The number of rotatable bonds is 3. The van der Waals surface area contributed by atoms with E-state index in [0.29, 0.717) is 6.42 Å². The van der Waals surface area contributed by atoms with Gasteiger partial charge in [-0.2, -0.15) is 0 Å². The fourth-order valence-corrected chi connectivity index (χ4v) is 6.12. The summed E-state index contributed by atoms with van der Waals surface area (Å²) in [5, 5.41) is 8.31. The minimum absolute atomic E-state index is 0.174. The van der Waals surface area contributed by atoms with Crippen LogP contribution in [0.2, 0.25) is 3.93 Å². The molecule has 0 N–H and O–H groups in total. The van der Waals surface area contributed by atoms with E-state index in [1.807, 2.05) is 12.1 Å². The molecule has 0 atom stereocenters. The zero-order chi connectivity index (χ0) is 8.81. The van der Waals surface area contributed by atoms with E-state index in [1.165, 1.54) is 15.2 Å². The second-order valence-corrected chi connectivity index (χ2v) is 10.5. The number of nitrogens with zero attached hydrogens (tertiary/aromatic N) is 1. The second-order valence-electron chi connectivity index (χ2n) is 2.64. The molecule has 0 saturated carbocycles. The van der Waals surface area contributed by atoms with Crippen molar-refractivity contribution < 1.29 is 29.0 Å². The van der Waals surface area contributed by atoms with Gasteiger partial charge in [-0.1, -0.05) is 0 Å². The summed E-state index contributed by atoms with van der Waals surface area (Å²) in [5.74, 6) is -0.174. The van der Waals surface area contributed by atoms with Crippen LogP contribution in [0.25, 0.3) is 0 Å². The van der Waals surface area contributed by atoms with E-state index in [0.717, 1.165) is 3.93 Å². The van der Waals surface area contributed by atoms with Crippen molar-refractivity contribution in [1.82, 2.24) is 0 Å². The molecule has 1 aromatic carbocycles.